The summed E-state index contributed by atoms with van der Waals surface area (Å²) in [4.78, 5) is 11.8. The number of quaternary nitrogens is 1. The zero-order valence-corrected chi connectivity index (χ0v) is 15.9. The number of nitrogens with zero attached hydrogens (tertiary/aromatic N) is 1. The van der Waals surface area contributed by atoms with E-state index in [1.165, 1.54) is 22.6 Å². The van der Waals surface area contributed by atoms with Crippen molar-refractivity contribution in [2.75, 3.05) is 25.0 Å². The maximum atomic E-state index is 10.7. The van der Waals surface area contributed by atoms with Crippen molar-refractivity contribution in [3.8, 4) is 0 Å². The minimum absolute atomic E-state index is 0.0590. The molecule has 7 heteroatoms. The summed E-state index contributed by atoms with van der Waals surface area (Å²) in [5, 5.41) is 17.6. The Kier molecular flexibility index (Phi) is 7.50. The minimum atomic E-state index is -0.419. The van der Waals surface area contributed by atoms with Crippen LogP contribution < -0.4 is 15.5 Å². The summed E-state index contributed by atoms with van der Waals surface area (Å²) in [6, 6.07) is 16.9. The van der Waals surface area contributed by atoms with E-state index in [4.69, 9.17) is 12.2 Å². The summed E-state index contributed by atoms with van der Waals surface area (Å²) < 4.78 is 0. The molecule has 3 N–H and O–H groups in total. The molecule has 0 aliphatic heterocycles. The average molecular weight is 374 g/mol. The van der Waals surface area contributed by atoms with E-state index in [9.17, 15) is 10.1 Å². The van der Waals surface area contributed by atoms with Crippen molar-refractivity contribution in [1.82, 2.24) is 5.32 Å². The van der Waals surface area contributed by atoms with Crippen molar-refractivity contribution >= 4 is 28.7 Å². The van der Waals surface area contributed by atoms with Crippen LogP contribution in [-0.4, -0.2) is 29.7 Å². The molecule has 0 saturated carbocycles. The SMILES string of the molecule is CC[NH+](CC)[C@@H](CNC(=S)Nc1ccc([N+](=O)[O-])cc1)c1ccccc1. The minimum Gasteiger partial charge on any atom is -0.356 e. The first-order valence-electron chi connectivity index (χ1n) is 8.74. The number of likely N-dealkylation sites (N-methyl/N-ethyl adjacent to an activating group) is 1. The summed E-state index contributed by atoms with van der Waals surface area (Å²) in [5.41, 5.74) is 2.06. The van der Waals surface area contributed by atoms with Gasteiger partial charge in [-0.25, -0.2) is 0 Å². The van der Waals surface area contributed by atoms with Crippen molar-refractivity contribution in [1.29, 1.82) is 0 Å². The molecule has 0 aromatic heterocycles. The highest BCUT2D eigenvalue weighted by Gasteiger charge is 2.21. The van der Waals surface area contributed by atoms with Gasteiger partial charge in [0.15, 0.2) is 5.11 Å². The highest BCUT2D eigenvalue weighted by Crippen LogP contribution is 2.15. The monoisotopic (exact) mass is 373 g/mol. The van der Waals surface area contributed by atoms with Crippen molar-refractivity contribution in [2.45, 2.75) is 19.9 Å². The first kappa shape index (κ1) is 19.8. The van der Waals surface area contributed by atoms with E-state index < -0.39 is 4.92 Å². The number of nitrogens with one attached hydrogen (secondary N) is 3. The van der Waals surface area contributed by atoms with Gasteiger partial charge in [-0.05, 0) is 38.2 Å². The second-order valence-electron chi connectivity index (χ2n) is 5.97. The second-order valence-corrected chi connectivity index (χ2v) is 6.38. The van der Waals surface area contributed by atoms with Crippen molar-refractivity contribution in [2.24, 2.45) is 0 Å². The predicted molar refractivity (Wildman–Crippen MR) is 109 cm³/mol. The Morgan fingerprint density at radius 2 is 1.73 bits per heavy atom. The second kappa shape index (κ2) is 9.84. The van der Waals surface area contributed by atoms with E-state index in [0.29, 0.717) is 17.7 Å². The lowest BCUT2D eigenvalue weighted by atomic mass is 10.1. The van der Waals surface area contributed by atoms with Gasteiger partial charge in [0.1, 0.15) is 6.04 Å². The van der Waals surface area contributed by atoms with Crippen molar-refractivity contribution in [3.05, 3.63) is 70.3 Å². The first-order valence-corrected chi connectivity index (χ1v) is 9.14. The number of rotatable bonds is 8. The summed E-state index contributed by atoms with van der Waals surface area (Å²) in [7, 11) is 0. The van der Waals surface area contributed by atoms with Crippen LogP contribution in [0.15, 0.2) is 54.6 Å². The lowest BCUT2D eigenvalue weighted by molar-refractivity contribution is -0.927. The molecule has 1 atom stereocenters. The molecular formula is C19H25N4O2S+. The van der Waals surface area contributed by atoms with Gasteiger partial charge in [-0.1, -0.05) is 30.3 Å². The Morgan fingerprint density at radius 3 is 2.27 bits per heavy atom. The quantitative estimate of drug-likeness (QED) is 0.377. The van der Waals surface area contributed by atoms with Crippen LogP contribution in [0.1, 0.15) is 25.5 Å². The summed E-state index contributed by atoms with van der Waals surface area (Å²) in [6.07, 6.45) is 0. The molecule has 0 spiro atoms. The number of nitro benzene ring substituents is 1. The van der Waals surface area contributed by atoms with Crippen LogP contribution in [0.25, 0.3) is 0 Å². The highest BCUT2D eigenvalue weighted by atomic mass is 32.1. The number of hydrogen-bond acceptors (Lipinski definition) is 3. The molecule has 0 amide bonds. The maximum absolute atomic E-state index is 10.7. The number of hydrogen-bond donors (Lipinski definition) is 3. The number of anilines is 1. The van der Waals surface area contributed by atoms with E-state index in [1.807, 2.05) is 6.07 Å². The number of non-ortho nitro benzene ring substituents is 1. The molecule has 0 radical (unpaired) electrons. The van der Waals surface area contributed by atoms with Crippen LogP contribution in [0.2, 0.25) is 0 Å². The van der Waals surface area contributed by atoms with Gasteiger partial charge in [0.2, 0.25) is 0 Å². The summed E-state index contributed by atoms with van der Waals surface area (Å²) in [6.45, 7) is 7.13. The van der Waals surface area contributed by atoms with E-state index in [-0.39, 0.29) is 5.69 Å². The van der Waals surface area contributed by atoms with Crippen LogP contribution in [0.5, 0.6) is 0 Å². The topological polar surface area (TPSA) is 71.6 Å². The third-order valence-electron chi connectivity index (χ3n) is 4.41. The third-order valence-corrected chi connectivity index (χ3v) is 4.65. The Hall–Kier alpha value is -2.51. The van der Waals surface area contributed by atoms with Gasteiger partial charge in [-0.15, -0.1) is 0 Å². The molecule has 6 nitrogen and oxygen atoms in total. The molecule has 2 aromatic carbocycles. The molecule has 2 aromatic rings. The van der Waals surface area contributed by atoms with E-state index in [2.05, 4.69) is 48.7 Å². The molecular weight excluding hydrogens is 348 g/mol. The van der Waals surface area contributed by atoms with Gasteiger partial charge in [-0.3, -0.25) is 10.1 Å². The number of nitro groups is 1. The molecule has 0 bridgehead atoms. The molecule has 138 valence electrons. The van der Waals surface area contributed by atoms with Gasteiger partial charge < -0.3 is 15.5 Å². The standard InChI is InChI=1S/C19H24N4O2S/c1-3-22(4-2)18(15-8-6-5-7-9-15)14-20-19(26)21-16-10-12-17(13-11-16)23(24)25/h5-13,18H,3-4,14H2,1-2H3,(H2,20,21,26)/p+1/t18-/m0/s1. The smallest absolute Gasteiger partial charge is 0.269 e. The van der Waals surface area contributed by atoms with E-state index in [0.717, 1.165) is 18.8 Å². The van der Waals surface area contributed by atoms with Crippen LogP contribution in [0, 0.1) is 10.1 Å². The largest absolute Gasteiger partial charge is 0.356 e. The van der Waals surface area contributed by atoms with Gasteiger partial charge in [-0.2, -0.15) is 0 Å². The molecule has 0 aliphatic carbocycles. The zero-order chi connectivity index (χ0) is 18.9. The van der Waals surface area contributed by atoms with Crippen LogP contribution >= 0.6 is 12.2 Å². The van der Waals surface area contributed by atoms with Gasteiger partial charge >= 0.3 is 0 Å². The summed E-state index contributed by atoms with van der Waals surface area (Å²) >= 11 is 5.38. The Morgan fingerprint density at radius 1 is 1.12 bits per heavy atom. The zero-order valence-electron chi connectivity index (χ0n) is 15.1. The fourth-order valence-electron chi connectivity index (χ4n) is 2.96. The van der Waals surface area contributed by atoms with Crippen molar-refractivity contribution < 1.29 is 9.82 Å². The highest BCUT2D eigenvalue weighted by molar-refractivity contribution is 7.80. The summed E-state index contributed by atoms with van der Waals surface area (Å²) in [5.74, 6) is 0. The molecule has 0 saturated heterocycles. The molecule has 0 fully saturated rings. The van der Waals surface area contributed by atoms with Crippen LogP contribution in [-0.2, 0) is 0 Å². The lowest BCUT2D eigenvalue weighted by Crippen LogP contribution is -3.12. The van der Waals surface area contributed by atoms with E-state index >= 15 is 0 Å². The lowest BCUT2D eigenvalue weighted by Gasteiger charge is -2.27. The van der Waals surface area contributed by atoms with Gasteiger partial charge in [0.05, 0.1) is 24.6 Å². The van der Waals surface area contributed by atoms with Crippen LogP contribution in [0.4, 0.5) is 11.4 Å². The molecule has 0 heterocycles. The third kappa shape index (κ3) is 5.50. The molecule has 0 unspecified atom stereocenters. The maximum Gasteiger partial charge on any atom is 0.269 e. The average Bonchev–Trinajstić information content (AvgIpc) is 2.66. The molecule has 0 aliphatic rings. The molecule has 2 rings (SSSR count). The van der Waals surface area contributed by atoms with E-state index in [1.54, 1.807) is 12.1 Å². The first-order chi connectivity index (χ1) is 12.5. The number of thiocarbonyl (C=S) groups is 1. The predicted octanol–water partition coefficient (Wildman–Crippen LogP) is 2.55. The fraction of sp³-hybridized carbons (Fsp3) is 0.316. The Balaban J connectivity index is 1.99. The van der Waals surface area contributed by atoms with Crippen molar-refractivity contribution in [3.63, 3.8) is 0 Å². The normalized spacial score (nSPS) is 11.8. The van der Waals surface area contributed by atoms with Gasteiger partial charge in [0, 0.05) is 23.4 Å². The molecule has 26 heavy (non-hydrogen) atoms. The van der Waals surface area contributed by atoms with Crippen LogP contribution in [0.3, 0.4) is 0 Å². The Bertz CT molecular complexity index is 718. The van der Waals surface area contributed by atoms with Gasteiger partial charge in [0.25, 0.3) is 5.69 Å². The Labute approximate surface area is 159 Å². The number of benzene rings is 2. The fourth-order valence-corrected chi connectivity index (χ4v) is 3.16.